The van der Waals surface area contributed by atoms with Crippen molar-refractivity contribution in [3.8, 4) is 11.6 Å². The molecule has 0 aliphatic rings. The van der Waals surface area contributed by atoms with Crippen LogP contribution in [0.4, 0.5) is 5.82 Å². The fraction of sp³-hybridized carbons (Fsp3) is 0.364. The third-order valence-corrected chi connectivity index (χ3v) is 4.98. The summed E-state index contributed by atoms with van der Waals surface area (Å²) in [4.78, 5) is 22.9. The molecule has 0 aliphatic heterocycles. The van der Waals surface area contributed by atoms with Crippen LogP contribution >= 0.6 is 0 Å². The molecule has 8 nitrogen and oxygen atoms in total. The quantitative estimate of drug-likeness (QED) is 0.617. The predicted molar refractivity (Wildman–Crippen MR) is 116 cm³/mol. The van der Waals surface area contributed by atoms with E-state index in [9.17, 15) is 4.79 Å². The van der Waals surface area contributed by atoms with Crippen molar-refractivity contribution in [3.63, 3.8) is 0 Å². The molecule has 0 saturated carbocycles. The third kappa shape index (κ3) is 4.94. The maximum absolute atomic E-state index is 12.4. The van der Waals surface area contributed by atoms with Gasteiger partial charge >= 0.3 is 0 Å². The smallest absolute Gasteiger partial charge is 0.220 e. The minimum atomic E-state index is 0.00120. The number of hydrogen-bond acceptors (Lipinski definition) is 6. The number of aryl methyl sites for hydroxylation is 1. The Balaban J connectivity index is 1.64. The summed E-state index contributed by atoms with van der Waals surface area (Å²) in [5, 5.41) is 7.60. The lowest BCUT2D eigenvalue weighted by Crippen LogP contribution is -2.23. The Morgan fingerprint density at radius 3 is 2.73 bits per heavy atom. The number of hydrogen-bond donors (Lipinski definition) is 1. The fourth-order valence-electron chi connectivity index (χ4n) is 3.27. The molecule has 30 heavy (non-hydrogen) atoms. The van der Waals surface area contributed by atoms with Gasteiger partial charge in [-0.2, -0.15) is 5.10 Å². The van der Waals surface area contributed by atoms with E-state index in [1.165, 1.54) is 6.33 Å². The van der Waals surface area contributed by atoms with Gasteiger partial charge in [0.1, 0.15) is 17.9 Å². The number of aromatic nitrogens is 4. The molecule has 2 aromatic heterocycles. The number of carbonyl (C=O) groups excluding carboxylic acids is 1. The minimum Gasteiger partial charge on any atom is -0.497 e. The van der Waals surface area contributed by atoms with E-state index < -0.39 is 0 Å². The topological polar surface area (TPSA) is 85.2 Å². The summed E-state index contributed by atoms with van der Waals surface area (Å²) < 4.78 is 7.03. The first-order chi connectivity index (χ1) is 14.4. The molecule has 0 atom stereocenters. The molecule has 0 fully saturated rings. The number of rotatable bonds is 8. The van der Waals surface area contributed by atoms with E-state index in [2.05, 4.69) is 20.4 Å². The molecule has 158 valence electrons. The number of carbonyl (C=O) groups is 1. The molecule has 0 unspecified atom stereocenters. The average molecular weight is 409 g/mol. The van der Waals surface area contributed by atoms with Gasteiger partial charge in [-0.3, -0.25) is 4.79 Å². The number of nitrogens with zero attached hydrogens (tertiary/aromatic N) is 5. The second-order valence-corrected chi connectivity index (χ2v) is 7.32. The summed E-state index contributed by atoms with van der Waals surface area (Å²) in [6, 6.07) is 9.57. The van der Waals surface area contributed by atoms with Crippen molar-refractivity contribution in [1.29, 1.82) is 0 Å². The monoisotopic (exact) mass is 408 g/mol. The van der Waals surface area contributed by atoms with Gasteiger partial charge in [-0.15, -0.1) is 0 Å². The van der Waals surface area contributed by atoms with Gasteiger partial charge in [-0.25, -0.2) is 14.6 Å². The highest BCUT2D eigenvalue weighted by Gasteiger charge is 2.15. The van der Waals surface area contributed by atoms with Gasteiger partial charge < -0.3 is 15.0 Å². The van der Waals surface area contributed by atoms with Crippen LogP contribution in [0.3, 0.4) is 0 Å². The van der Waals surface area contributed by atoms with Gasteiger partial charge in [0, 0.05) is 38.8 Å². The fourth-order valence-corrected chi connectivity index (χ4v) is 3.27. The van der Waals surface area contributed by atoms with Crippen LogP contribution in [0, 0.1) is 13.8 Å². The first-order valence-corrected chi connectivity index (χ1v) is 9.83. The molecular formula is C22H28N6O2. The maximum Gasteiger partial charge on any atom is 0.220 e. The molecule has 0 radical (unpaired) electrons. The van der Waals surface area contributed by atoms with Crippen LogP contribution in [0.2, 0.25) is 0 Å². The first-order valence-electron chi connectivity index (χ1n) is 9.83. The van der Waals surface area contributed by atoms with Crippen molar-refractivity contribution in [3.05, 3.63) is 59.2 Å². The molecule has 1 N–H and O–H groups in total. The zero-order chi connectivity index (χ0) is 21.7. The van der Waals surface area contributed by atoms with Crippen molar-refractivity contribution in [2.45, 2.75) is 33.2 Å². The summed E-state index contributed by atoms with van der Waals surface area (Å²) in [7, 11) is 5.50. The molecule has 1 aromatic carbocycles. The number of anilines is 1. The van der Waals surface area contributed by atoms with E-state index in [1.807, 2.05) is 67.9 Å². The molecular weight excluding hydrogens is 380 g/mol. The molecule has 3 rings (SSSR count). The Bertz CT molecular complexity index is 1030. The van der Waals surface area contributed by atoms with E-state index in [4.69, 9.17) is 4.74 Å². The molecule has 0 spiro atoms. The van der Waals surface area contributed by atoms with Crippen LogP contribution < -0.4 is 15.0 Å². The SMILES string of the molecule is COc1cccc(CNC(=O)CCc2c(C)nn(-c3cc(N(C)C)ncn3)c2C)c1. The van der Waals surface area contributed by atoms with Crippen molar-refractivity contribution in [2.75, 3.05) is 26.1 Å². The number of methoxy groups -OCH3 is 1. The van der Waals surface area contributed by atoms with Crippen LogP contribution in [0.25, 0.3) is 5.82 Å². The van der Waals surface area contributed by atoms with E-state index in [-0.39, 0.29) is 5.91 Å². The van der Waals surface area contributed by atoms with E-state index in [0.717, 1.165) is 34.1 Å². The zero-order valence-corrected chi connectivity index (χ0v) is 18.1. The molecule has 8 heteroatoms. The average Bonchev–Trinajstić information content (AvgIpc) is 3.04. The second kappa shape index (κ2) is 9.39. The Kier molecular flexibility index (Phi) is 6.66. The van der Waals surface area contributed by atoms with E-state index in [0.29, 0.717) is 25.2 Å². The lowest BCUT2D eigenvalue weighted by molar-refractivity contribution is -0.121. The highest BCUT2D eigenvalue weighted by atomic mass is 16.5. The zero-order valence-electron chi connectivity index (χ0n) is 18.1. The standard InChI is InChI=1S/C22H28N6O2/c1-15-19(9-10-22(29)23-13-17-7-6-8-18(11-17)30-5)16(2)28(26-15)21-12-20(27(3)4)24-14-25-21/h6-8,11-12,14H,9-10,13H2,1-5H3,(H,23,29). The van der Waals surface area contributed by atoms with Crippen LogP contribution in [-0.2, 0) is 17.8 Å². The molecule has 0 aliphatic carbocycles. The minimum absolute atomic E-state index is 0.00120. The number of amides is 1. The van der Waals surface area contributed by atoms with Crippen LogP contribution in [0.1, 0.15) is 28.9 Å². The summed E-state index contributed by atoms with van der Waals surface area (Å²) >= 11 is 0. The molecule has 0 bridgehead atoms. The third-order valence-electron chi connectivity index (χ3n) is 4.98. The normalized spacial score (nSPS) is 10.7. The van der Waals surface area contributed by atoms with Crippen LogP contribution in [0.5, 0.6) is 5.75 Å². The van der Waals surface area contributed by atoms with E-state index in [1.54, 1.807) is 7.11 Å². The lowest BCUT2D eigenvalue weighted by Gasteiger charge is -2.12. The first kappa shape index (κ1) is 21.3. The molecule has 1 amide bonds. The number of ether oxygens (including phenoxy) is 1. The Hall–Kier alpha value is -3.42. The van der Waals surface area contributed by atoms with Gasteiger partial charge in [0.15, 0.2) is 5.82 Å². The summed E-state index contributed by atoms with van der Waals surface area (Å²) in [6.07, 6.45) is 2.55. The van der Waals surface area contributed by atoms with Crippen molar-refractivity contribution < 1.29 is 9.53 Å². The largest absolute Gasteiger partial charge is 0.497 e. The van der Waals surface area contributed by atoms with Gasteiger partial charge in [0.2, 0.25) is 5.91 Å². The van der Waals surface area contributed by atoms with Crippen LogP contribution in [0.15, 0.2) is 36.7 Å². The van der Waals surface area contributed by atoms with Crippen molar-refractivity contribution in [1.82, 2.24) is 25.1 Å². The number of nitrogens with one attached hydrogen (secondary N) is 1. The summed E-state index contributed by atoms with van der Waals surface area (Å²) in [6.45, 7) is 4.43. The maximum atomic E-state index is 12.4. The predicted octanol–water partition coefficient (Wildman–Crippen LogP) is 2.60. The molecule has 2 heterocycles. The van der Waals surface area contributed by atoms with Crippen molar-refractivity contribution in [2.24, 2.45) is 0 Å². The molecule has 0 saturated heterocycles. The second-order valence-electron chi connectivity index (χ2n) is 7.32. The molecule has 3 aromatic rings. The van der Waals surface area contributed by atoms with Crippen LogP contribution in [-0.4, -0.2) is 46.9 Å². The number of benzene rings is 1. The Morgan fingerprint density at radius 1 is 1.20 bits per heavy atom. The Morgan fingerprint density at radius 2 is 2.00 bits per heavy atom. The van der Waals surface area contributed by atoms with Crippen molar-refractivity contribution >= 4 is 11.7 Å². The summed E-state index contributed by atoms with van der Waals surface area (Å²) in [5.74, 6) is 2.30. The summed E-state index contributed by atoms with van der Waals surface area (Å²) in [5.41, 5.74) is 3.95. The van der Waals surface area contributed by atoms with Gasteiger partial charge in [0.25, 0.3) is 0 Å². The lowest BCUT2D eigenvalue weighted by atomic mass is 10.1. The highest BCUT2D eigenvalue weighted by molar-refractivity contribution is 5.76. The van der Waals surface area contributed by atoms with E-state index >= 15 is 0 Å². The highest BCUT2D eigenvalue weighted by Crippen LogP contribution is 2.20. The van der Waals surface area contributed by atoms with Gasteiger partial charge in [-0.05, 0) is 43.5 Å². The van der Waals surface area contributed by atoms with Gasteiger partial charge in [-0.1, -0.05) is 12.1 Å². The Labute approximate surface area is 176 Å². The van der Waals surface area contributed by atoms with Gasteiger partial charge in [0.05, 0.1) is 12.8 Å².